The van der Waals surface area contributed by atoms with Crippen molar-refractivity contribution in [2.45, 2.75) is 95.7 Å². The lowest BCUT2D eigenvalue weighted by Gasteiger charge is -2.46. The average Bonchev–Trinajstić information content (AvgIpc) is 3.28. The van der Waals surface area contributed by atoms with Crippen LogP contribution in [-0.4, -0.2) is 33.6 Å². The number of carboxylic acid groups (broad SMARTS) is 1. The predicted molar refractivity (Wildman–Crippen MR) is 146 cm³/mol. The minimum atomic E-state index is -0.833. The third-order valence-electron chi connectivity index (χ3n) is 7.90. The minimum Gasteiger partial charge on any atom is -0.481 e. The van der Waals surface area contributed by atoms with Crippen LogP contribution in [0, 0.1) is 5.82 Å². The van der Waals surface area contributed by atoms with Crippen LogP contribution in [0.25, 0.3) is 22.4 Å². The van der Waals surface area contributed by atoms with Crippen molar-refractivity contribution in [3.8, 4) is 22.4 Å². The zero-order valence-electron chi connectivity index (χ0n) is 22.4. The van der Waals surface area contributed by atoms with E-state index >= 15 is 0 Å². The lowest BCUT2D eigenvalue weighted by molar-refractivity contribution is -0.329. The molecule has 1 saturated carbocycles. The number of carboxylic acids is 1. The van der Waals surface area contributed by atoms with Crippen LogP contribution in [0.1, 0.15) is 76.8 Å². The van der Waals surface area contributed by atoms with E-state index in [1.165, 1.54) is 17.8 Å². The van der Waals surface area contributed by atoms with Crippen molar-refractivity contribution in [3.63, 3.8) is 0 Å². The number of nitrogens with zero attached hydrogens (tertiary/aromatic N) is 1. The molecule has 1 saturated heterocycles. The Morgan fingerprint density at radius 1 is 1.00 bits per heavy atom. The Morgan fingerprint density at radius 3 is 2.34 bits per heavy atom. The van der Waals surface area contributed by atoms with E-state index in [0.29, 0.717) is 13.0 Å². The van der Waals surface area contributed by atoms with Gasteiger partial charge < -0.3 is 19.1 Å². The summed E-state index contributed by atoms with van der Waals surface area (Å²) in [7, 11) is 0. The van der Waals surface area contributed by atoms with Crippen molar-refractivity contribution in [3.05, 3.63) is 72.2 Å². The molecule has 1 aromatic heterocycles. The quantitative estimate of drug-likeness (QED) is 0.330. The van der Waals surface area contributed by atoms with Crippen molar-refractivity contribution in [1.82, 2.24) is 4.57 Å². The molecule has 2 fully saturated rings. The molecule has 1 aliphatic heterocycles. The molecule has 5 nitrogen and oxygen atoms in total. The van der Waals surface area contributed by atoms with Crippen LogP contribution < -0.4 is 0 Å². The first-order valence-corrected chi connectivity index (χ1v) is 14.0. The molecule has 0 radical (unpaired) electrons. The first-order valence-electron chi connectivity index (χ1n) is 14.0. The second kappa shape index (κ2) is 11.4. The van der Waals surface area contributed by atoms with Gasteiger partial charge in [0, 0.05) is 37.1 Å². The van der Waals surface area contributed by atoms with Gasteiger partial charge in [-0.25, -0.2) is 4.39 Å². The predicted octanol–water partition coefficient (Wildman–Crippen LogP) is 7.78. The van der Waals surface area contributed by atoms with Crippen LogP contribution in [-0.2, 0) is 20.8 Å². The van der Waals surface area contributed by atoms with Gasteiger partial charge in [-0.15, -0.1) is 0 Å². The monoisotopic (exact) mass is 519 g/mol. The van der Waals surface area contributed by atoms with E-state index < -0.39 is 11.8 Å². The van der Waals surface area contributed by atoms with E-state index in [2.05, 4.69) is 36.6 Å². The van der Waals surface area contributed by atoms with Gasteiger partial charge in [-0.3, -0.25) is 4.79 Å². The zero-order chi connectivity index (χ0) is 26.7. The molecule has 2 heterocycles. The maximum atomic E-state index is 13.9. The Labute approximate surface area is 224 Å². The van der Waals surface area contributed by atoms with Crippen molar-refractivity contribution in [1.29, 1.82) is 0 Å². The number of ether oxygens (including phenoxy) is 2. The summed E-state index contributed by atoms with van der Waals surface area (Å²) < 4.78 is 29.1. The van der Waals surface area contributed by atoms with Crippen LogP contribution in [0.4, 0.5) is 4.39 Å². The van der Waals surface area contributed by atoms with Crippen LogP contribution in [0.2, 0.25) is 0 Å². The van der Waals surface area contributed by atoms with E-state index in [1.54, 1.807) is 0 Å². The third kappa shape index (κ3) is 5.87. The SMILES string of the molecule is CC(C)c1cc(-c2ccccc2)c(-c2ccc(F)cc2)n1CCC1CC(CC(=O)O)OC2(CCCCC2)O1. The Balaban J connectivity index is 1.49. The summed E-state index contributed by atoms with van der Waals surface area (Å²) in [5.41, 5.74) is 5.50. The van der Waals surface area contributed by atoms with E-state index in [0.717, 1.165) is 60.9 Å². The second-order valence-electron chi connectivity index (χ2n) is 11.1. The van der Waals surface area contributed by atoms with Crippen molar-refractivity contribution >= 4 is 5.97 Å². The highest BCUT2D eigenvalue weighted by Crippen LogP contribution is 2.42. The summed E-state index contributed by atoms with van der Waals surface area (Å²) in [5.74, 6) is -1.46. The number of aliphatic carboxylic acids is 1. The highest BCUT2D eigenvalue weighted by atomic mass is 19.1. The number of aromatic nitrogens is 1. The van der Waals surface area contributed by atoms with Crippen LogP contribution in [0.15, 0.2) is 60.7 Å². The Hall–Kier alpha value is -2.96. The molecule has 2 atom stereocenters. The minimum absolute atomic E-state index is 0.00135. The molecule has 1 aliphatic carbocycles. The first kappa shape index (κ1) is 26.6. The smallest absolute Gasteiger partial charge is 0.305 e. The van der Waals surface area contributed by atoms with Gasteiger partial charge in [0.2, 0.25) is 0 Å². The van der Waals surface area contributed by atoms with Gasteiger partial charge in [0.1, 0.15) is 5.82 Å². The molecule has 2 aliphatic rings. The Kier molecular flexibility index (Phi) is 8.01. The standard InChI is InChI=1S/C32H38FNO4/c1-22(2)29-21-28(23-9-5-3-6-10-23)31(24-11-13-25(33)14-12-24)34(29)18-15-26-19-27(20-30(35)36)38-32(37-26)16-7-4-8-17-32/h3,5-6,9-14,21-22,26-27H,4,7-8,15-20H2,1-2H3,(H,35,36). The number of rotatable bonds is 8. The summed E-state index contributed by atoms with van der Waals surface area (Å²) in [6.45, 7) is 5.10. The van der Waals surface area contributed by atoms with E-state index in [4.69, 9.17) is 9.47 Å². The zero-order valence-corrected chi connectivity index (χ0v) is 22.4. The summed E-state index contributed by atoms with van der Waals surface area (Å²) in [6.07, 6.45) is 5.77. The lowest BCUT2D eigenvalue weighted by atomic mass is 9.91. The Morgan fingerprint density at radius 2 is 1.68 bits per heavy atom. The maximum Gasteiger partial charge on any atom is 0.305 e. The molecule has 6 heteroatoms. The molecule has 2 unspecified atom stereocenters. The van der Waals surface area contributed by atoms with E-state index in [9.17, 15) is 14.3 Å². The highest BCUT2D eigenvalue weighted by Gasteiger charge is 2.43. The molecule has 5 rings (SSSR count). The van der Waals surface area contributed by atoms with Gasteiger partial charge in [0.25, 0.3) is 0 Å². The molecule has 202 valence electrons. The summed E-state index contributed by atoms with van der Waals surface area (Å²) in [4.78, 5) is 11.6. The van der Waals surface area contributed by atoms with Gasteiger partial charge >= 0.3 is 5.97 Å². The van der Waals surface area contributed by atoms with E-state index in [1.807, 2.05) is 30.3 Å². The van der Waals surface area contributed by atoms with Gasteiger partial charge in [-0.05, 0) is 66.6 Å². The van der Waals surface area contributed by atoms with Crippen LogP contribution in [0.3, 0.4) is 0 Å². The van der Waals surface area contributed by atoms with E-state index in [-0.39, 0.29) is 30.4 Å². The van der Waals surface area contributed by atoms with Gasteiger partial charge in [0.05, 0.1) is 24.3 Å². The second-order valence-corrected chi connectivity index (χ2v) is 11.1. The van der Waals surface area contributed by atoms with Crippen LogP contribution >= 0.6 is 0 Å². The topological polar surface area (TPSA) is 60.7 Å². The number of benzene rings is 2. The maximum absolute atomic E-state index is 13.9. The fourth-order valence-electron chi connectivity index (χ4n) is 6.17. The van der Waals surface area contributed by atoms with Crippen molar-refractivity contribution in [2.75, 3.05) is 0 Å². The molecule has 0 bridgehead atoms. The lowest BCUT2D eigenvalue weighted by Crippen LogP contribution is -2.50. The molecular weight excluding hydrogens is 481 g/mol. The molecular formula is C32H38FNO4. The summed E-state index contributed by atoms with van der Waals surface area (Å²) in [5, 5.41) is 9.49. The molecule has 2 aromatic carbocycles. The van der Waals surface area contributed by atoms with Crippen LogP contribution in [0.5, 0.6) is 0 Å². The van der Waals surface area contributed by atoms with Gasteiger partial charge in [0.15, 0.2) is 5.79 Å². The molecule has 1 spiro atoms. The average molecular weight is 520 g/mol. The fraction of sp³-hybridized carbons (Fsp3) is 0.469. The summed E-state index contributed by atoms with van der Waals surface area (Å²) >= 11 is 0. The summed E-state index contributed by atoms with van der Waals surface area (Å²) in [6, 6.07) is 19.3. The Bertz CT molecular complexity index is 1230. The van der Waals surface area contributed by atoms with Gasteiger partial charge in [-0.1, -0.05) is 50.6 Å². The third-order valence-corrected chi connectivity index (χ3v) is 7.90. The largest absolute Gasteiger partial charge is 0.481 e. The number of carbonyl (C=O) groups is 1. The molecule has 0 amide bonds. The fourth-order valence-corrected chi connectivity index (χ4v) is 6.17. The van der Waals surface area contributed by atoms with Gasteiger partial charge in [-0.2, -0.15) is 0 Å². The normalized spacial score (nSPS) is 21.2. The van der Waals surface area contributed by atoms with Crippen molar-refractivity contribution < 1.29 is 23.8 Å². The highest BCUT2D eigenvalue weighted by molar-refractivity contribution is 5.82. The first-order chi connectivity index (χ1) is 18.3. The van der Waals surface area contributed by atoms with Crippen molar-refractivity contribution in [2.24, 2.45) is 0 Å². The number of halogens is 1. The number of hydrogen-bond donors (Lipinski definition) is 1. The number of hydrogen-bond acceptors (Lipinski definition) is 3. The molecule has 38 heavy (non-hydrogen) atoms. The molecule has 3 aromatic rings. The molecule has 1 N–H and O–H groups in total.